The van der Waals surface area contributed by atoms with Crippen molar-refractivity contribution in [3.05, 3.63) is 34.1 Å². The predicted molar refractivity (Wildman–Crippen MR) is 59.3 cm³/mol. The molecule has 1 aliphatic carbocycles. The third-order valence-electron chi connectivity index (χ3n) is 3.40. The van der Waals surface area contributed by atoms with E-state index < -0.39 is 0 Å². The Balaban J connectivity index is 2.63. The van der Waals surface area contributed by atoms with Crippen LogP contribution in [0.3, 0.4) is 0 Å². The Morgan fingerprint density at radius 1 is 1.20 bits per heavy atom. The number of allylic oxidation sites excluding steroid dienone is 4. The molecule has 1 heterocycles. The highest BCUT2D eigenvalue weighted by atomic mass is 16.5. The lowest BCUT2D eigenvalue weighted by Gasteiger charge is -2.20. The van der Waals surface area contributed by atoms with Crippen LogP contribution in [0.25, 0.3) is 0 Å². The second kappa shape index (κ2) is 2.84. The largest absolute Gasteiger partial charge is 0.483 e. The zero-order valence-electron chi connectivity index (χ0n) is 9.89. The minimum Gasteiger partial charge on any atom is -0.483 e. The van der Waals surface area contributed by atoms with E-state index in [9.17, 15) is 4.79 Å². The Kier molecular flexibility index (Phi) is 1.94. The van der Waals surface area contributed by atoms with E-state index in [1.54, 1.807) is 0 Å². The Morgan fingerprint density at radius 2 is 1.80 bits per heavy atom. The zero-order valence-corrected chi connectivity index (χ0v) is 9.89. The molecule has 2 heteroatoms. The summed E-state index contributed by atoms with van der Waals surface area (Å²) in [7, 11) is 0. The first-order chi connectivity index (χ1) is 6.84. The van der Waals surface area contributed by atoms with Crippen LogP contribution in [0.1, 0.15) is 34.6 Å². The molecular formula is C13H16O2. The highest BCUT2D eigenvalue weighted by Crippen LogP contribution is 2.42. The normalized spacial score (nSPS) is 24.1. The summed E-state index contributed by atoms with van der Waals surface area (Å²) in [6.45, 7) is 9.78. The fraction of sp³-hybridized carbons (Fsp3) is 0.462. The van der Waals surface area contributed by atoms with Gasteiger partial charge in [-0.2, -0.15) is 0 Å². The molecule has 80 valence electrons. The summed E-state index contributed by atoms with van der Waals surface area (Å²) >= 11 is 0. The van der Waals surface area contributed by atoms with Crippen molar-refractivity contribution >= 4 is 5.78 Å². The molecule has 0 saturated carbocycles. The molecule has 2 nitrogen and oxygen atoms in total. The van der Waals surface area contributed by atoms with E-state index in [2.05, 4.69) is 0 Å². The van der Waals surface area contributed by atoms with Crippen LogP contribution >= 0.6 is 0 Å². The Bertz CT molecular complexity index is 445. The smallest absolute Gasteiger partial charge is 0.192 e. The van der Waals surface area contributed by atoms with Crippen LogP contribution in [0.2, 0.25) is 0 Å². The highest BCUT2D eigenvalue weighted by molar-refractivity contribution is 6.13. The monoisotopic (exact) mass is 204 g/mol. The number of hydrogen-bond acceptors (Lipinski definition) is 2. The zero-order chi connectivity index (χ0) is 11.4. The van der Waals surface area contributed by atoms with Gasteiger partial charge >= 0.3 is 0 Å². The minimum atomic E-state index is -0.346. The van der Waals surface area contributed by atoms with Gasteiger partial charge in [0, 0.05) is 5.57 Å². The van der Waals surface area contributed by atoms with Gasteiger partial charge in [0.2, 0.25) is 0 Å². The van der Waals surface area contributed by atoms with E-state index in [1.165, 1.54) is 0 Å². The van der Waals surface area contributed by atoms with Crippen molar-refractivity contribution in [2.24, 2.45) is 0 Å². The number of Topliss-reactive ketones (excluding diaryl/α,β-unsaturated/α-hetero) is 1. The highest BCUT2D eigenvalue weighted by Gasteiger charge is 2.39. The van der Waals surface area contributed by atoms with Crippen molar-refractivity contribution < 1.29 is 9.53 Å². The van der Waals surface area contributed by atoms with Gasteiger partial charge in [-0.25, -0.2) is 0 Å². The number of carbonyl (C=O) groups excluding carboxylic acids is 1. The molecule has 2 aliphatic rings. The molecule has 0 N–H and O–H groups in total. The molecule has 0 amide bonds. The quantitative estimate of drug-likeness (QED) is 0.606. The number of fused-ring (bicyclic) bond motifs is 1. The molecule has 0 aromatic heterocycles. The van der Waals surface area contributed by atoms with E-state index >= 15 is 0 Å². The molecule has 0 aromatic carbocycles. The molecule has 0 radical (unpaired) electrons. The number of ether oxygens (including phenoxy) is 1. The van der Waals surface area contributed by atoms with Gasteiger partial charge in [-0.3, -0.25) is 4.79 Å². The number of hydrogen-bond donors (Lipinski definition) is 0. The molecule has 1 aliphatic heterocycles. The summed E-state index contributed by atoms with van der Waals surface area (Å²) in [6.07, 6.45) is 1.96. The van der Waals surface area contributed by atoms with Gasteiger partial charge in [-0.05, 0) is 51.8 Å². The van der Waals surface area contributed by atoms with E-state index in [1.807, 2.05) is 40.7 Å². The van der Waals surface area contributed by atoms with Gasteiger partial charge in [0.25, 0.3) is 0 Å². The van der Waals surface area contributed by atoms with Crippen LogP contribution in [0.15, 0.2) is 34.1 Å². The second-order valence-corrected chi connectivity index (χ2v) is 4.76. The van der Waals surface area contributed by atoms with Crippen LogP contribution < -0.4 is 0 Å². The molecule has 0 bridgehead atoms. The first-order valence-electron chi connectivity index (χ1n) is 5.19. The molecule has 0 atom stereocenters. The van der Waals surface area contributed by atoms with Crippen LogP contribution in [0, 0.1) is 0 Å². The first-order valence-corrected chi connectivity index (χ1v) is 5.19. The Morgan fingerprint density at radius 3 is 2.40 bits per heavy atom. The SMILES string of the molecule is CC1=C(C)C(=O)C2=C(C)C(C)(C)OC2=C1. The van der Waals surface area contributed by atoms with E-state index in [0.29, 0.717) is 0 Å². The van der Waals surface area contributed by atoms with Gasteiger partial charge in [0.1, 0.15) is 11.4 Å². The van der Waals surface area contributed by atoms with Crippen LogP contribution in [-0.2, 0) is 9.53 Å². The lowest BCUT2D eigenvalue weighted by atomic mass is 9.88. The van der Waals surface area contributed by atoms with Gasteiger partial charge in [0.05, 0.1) is 5.57 Å². The predicted octanol–water partition coefficient (Wildman–Crippen LogP) is 2.91. The summed E-state index contributed by atoms with van der Waals surface area (Å²) in [5.41, 5.74) is 3.29. The number of carbonyl (C=O) groups is 1. The average molecular weight is 204 g/mol. The van der Waals surface area contributed by atoms with Crippen LogP contribution in [0.4, 0.5) is 0 Å². The van der Waals surface area contributed by atoms with E-state index in [4.69, 9.17) is 4.74 Å². The van der Waals surface area contributed by atoms with Gasteiger partial charge in [-0.15, -0.1) is 0 Å². The molecule has 15 heavy (non-hydrogen) atoms. The minimum absolute atomic E-state index is 0.119. The van der Waals surface area contributed by atoms with Crippen molar-refractivity contribution in [3.8, 4) is 0 Å². The molecule has 0 fully saturated rings. The maximum Gasteiger partial charge on any atom is 0.192 e. The maximum absolute atomic E-state index is 12.1. The van der Waals surface area contributed by atoms with Crippen molar-refractivity contribution in [1.82, 2.24) is 0 Å². The van der Waals surface area contributed by atoms with Crippen molar-refractivity contribution in [1.29, 1.82) is 0 Å². The summed E-state index contributed by atoms with van der Waals surface area (Å²) in [4.78, 5) is 12.1. The van der Waals surface area contributed by atoms with Crippen molar-refractivity contribution in [3.63, 3.8) is 0 Å². The Labute approximate surface area is 90.3 Å². The van der Waals surface area contributed by atoms with Gasteiger partial charge in [0.15, 0.2) is 5.78 Å². The van der Waals surface area contributed by atoms with Crippen molar-refractivity contribution in [2.75, 3.05) is 0 Å². The maximum atomic E-state index is 12.1. The number of rotatable bonds is 0. The van der Waals surface area contributed by atoms with E-state index in [-0.39, 0.29) is 11.4 Å². The summed E-state index contributed by atoms with van der Waals surface area (Å²) in [5.74, 6) is 0.860. The number of ketones is 1. The fourth-order valence-corrected chi connectivity index (χ4v) is 1.94. The molecule has 0 aromatic rings. The standard InChI is InChI=1S/C13H16O2/c1-7-6-10-11(12(14)8(7)2)9(3)13(4,5)15-10/h6H,1-5H3. The van der Waals surface area contributed by atoms with Crippen LogP contribution in [-0.4, -0.2) is 11.4 Å². The third-order valence-corrected chi connectivity index (χ3v) is 3.40. The Hall–Kier alpha value is -1.31. The molecular weight excluding hydrogens is 188 g/mol. The molecule has 0 spiro atoms. The summed E-state index contributed by atoms with van der Waals surface area (Å²) < 4.78 is 5.79. The lowest BCUT2D eigenvalue weighted by Crippen LogP contribution is -2.19. The van der Waals surface area contributed by atoms with Gasteiger partial charge in [-0.1, -0.05) is 0 Å². The average Bonchev–Trinajstić information content (AvgIpc) is 2.34. The van der Waals surface area contributed by atoms with Crippen LogP contribution in [0.5, 0.6) is 0 Å². The van der Waals surface area contributed by atoms with Crippen molar-refractivity contribution in [2.45, 2.75) is 40.2 Å². The second-order valence-electron chi connectivity index (χ2n) is 4.76. The fourth-order valence-electron chi connectivity index (χ4n) is 1.94. The van der Waals surface area contributed by atoms with Gasteiger partial charge < -0.3 is 4.74 Å². The molecule has 0 saturated heterocycles. The topological polar surface area (TPSA) is 26.3 Å². The first kappa shape index (κ1) is 10.2. The summed E-state index contributed by atoms with van der Waals surface area (Å²) in [5, 5.41) is 0. The molecule has 2 rings (SSSR count). The lowest BCUT2D eigenvalue weighted by molar-refractivity contribution is -0.112. The third kappa shape index (κ3) is 1.28. The molecule has 0 unspecified atom stereocenters. The summed E-state index contributed by atoms with van der Waals surface area (Å²) in [6, 6.07) is 0. The van der Waals surface area contributed by atoms with E-state index in [0.717, 1.165) is 28.1 Å².